The summed E-state index contributed by atoms with van der Waals surface area (Å²) in [4.78, 5) is 28.8. The normalized spacial score (nSPS) is 26.5. The molecule has 5 atom stereocenters. The molecule has 2 saturated heterocycles. The third-order valence-corrected chi connectivity index (χ3v) is 6.75. The van der Waals surface area contributed by atoms with Crippen LogP contribution < -0.4 is 10.4 Å². The van der Waals surface area contributed by atoms with Crippen LogP contribution in [0.5, 0.6) is 0 Å². The summed E-state index contributed by atoms with van der Waals surface area (Å²) in [5.41, 5.74) is 4.43. The van der Waals surface area contributed by atoms with Gasteiger partial charge >= 0.3 is 0 Å². The molecule has 0 bridgehead atoms. The van der Waals surface area contributed by atoms with Gasteiger partial charge in [-0.15, -0.1) is 0 Å². The number of fused-ring (bicyclic) bond motifs is 1. The zero-order valence-corrected chi connectivity index (χ0v) is 18.1. The van der Waals surface area contributed by atoms with Crippen LogP contribution in [0, 0.1) is 17.7 Å². The molecule has 170 valence electrons. The predicted octanol–water partition coefficient (Wildman–Crippen LogP) is 2.42. The summed E-state index contributed by atoms with van der Waals surface area (Å²) in [6, 6.07) is 14.3. The molecule has 2 unspecified atom stereocenters. The van der Waals surface area contributed by atoms with Crippen LogP contribution >= 0.6 is 0 Å². The van der Waals surface area contributed by atoms with Crippen molar-refractivity contribution in [3.8, 4) is 11.1 Å². The zero-order chi connectivity index (χ0) is 23.0. The second-order valence-electron chi connectivity index (χ2n) is 8.86. The van der Waals surface area contributed by atoms with Crippen molar-refractivity contribution in [2.75, 3.05) is 18.0 Å². The summed E-state index contributed by atoms with van der Waals surface area (Å²) in [7, 11) is 0. The maximum Gasteiger partial charge on any atom is 0.272 e. The number of aliphatic hydroxyl groups is 1. The number of carbonyl (C=O) groups is 2. The molecular weight excluding hydrogens is 413 g/mol. The van der Waals surface area contributed by atoms with Crippen molar-refractivity contribution in [2.24, 2.45) is 11.8 Å². The fraction of sp³-hybridized carbons (Fsp3) is 0.417. The van der Waals surface area contributed by atoms with Gasteiger partial charge in [-0.25, -0.2) is 9.87 Å². The second kappa shape index (κ2) is 8.88. The Morgan fingerprint density at radius 2 is 1.66 bits per heavy atom. The van der Waals surface area contributed by atoms with Crippen LogP contribution in [0.2, 0.25) is 0 Å². The van der Waals surface area contributed by atoms with Gasteiger partial charge in [0.25, 0.3) is 5.91 Å². The number of hydrogen-bond acceptors (Lipinski definition) is 5. The molecule has 2 aromatic carbocycles. The summed E-state index contributed by atoms with van der Waals surface area (Å²) in [5.74, 6) is -2.26. The molecule has 0 spiro atoms. The molecular formula is C24H28FN3O4. The standard InChI is InChI=1S/C24H28FN3O4/c1-14-11-20(22(29)23(30)26-32)24(31)28-15(2)12-27(13-21(14)28)19-9-5-17(6-10-19)16-3-7-18(25)8-4-16/h3-10,14-15,20-22,29,32H,11-13H2,1-2H3,(H,26,30)/t14?,15-,20+,21?,22+/m1/s1. The molecule has 0 saturated carbocycles. The lowest BCUT2D eigenvalue weighted by molar-refractivity contribution is -0.160. The largest absolute Gasteiger partial charge is 0.382 e. The van der Waals surface area contributed by atoms with Gasteiger partial charge in [-0.3, -0.25) is 14.8 Å². The van der Waals surface area contributed by atoms with Gasteiger partial charge < -0.3 is 14.9 Å². The van der Waals surface area contributed by atoms with Crippen LogP contribution in [-0.4, -0.2) is 58.3 Å². The minimum absolute atomic E-state index is 0.0383. The fourth-order valence-corrected chi connectivity index (χ4v) is 5.04. The Kier molecular flexibility index (Phi) is 6.17. The SMILES string of the molecule is CC1C[C@@H]([C@H](O)C(=O)NO)C(=O)N2C1CN(c1ccc(-c3ccc(F)cc3)cc1)C[C@H]2C. The number of piperidine rings is 1. The molecule has 8 heteroatoms. The molecule has 7 nitrogen and oxygen atoms in total. The van der Waals surface area contributed by atoms with Crippen LogP contribution in [0.15, 0.2) is 48.5 Å². The lowest BCUT2D eigenvalue weighted by Gasteiger charge is -2.53. The fourth-order valence-electron chi connectivity index (χ4n) is 5.04. The number of piperazine rings is 1. The number of anilines is 1. The Morgan fingerprint density at radius 3 is 2.25 bits per heavy atom. The third kappa shape index (κ3) is 4.08. The molecule has 2 heterocycles. The average molecular weight is 442 g/mol. The van der Waals surface area contributed by atoms with E-state index < -0.39 is 17.9 Å². The summed E-state index contributed by atoms with van der Waals surface area (Å²) >= 11 is 0. The molecule has 2 fully saturated rings. The molecule has 2 aromatic rings. The van der Waals surface area contributed by atoms with Crippen molar-refractivity contribution < 1.29 is 24.3 Å². The van der Waals surface area contributed by atoms with Crippen molar-refractivity contribution in [3.63, 3.8) is 0 Å². The van der Waals surface area contributed by atoms with Crippen molar-refractivity contribution in [1.29, 1.82) is 0 Å². The van der Waals surface area contributed by atoms with Gasteiger partial charge in [0, 0.05) is 24.8 Å². The van der Waals surface area contributed by atoms with Crippen LogP contribution in [0.25, 0.3) is 11.1 Å². The van der Waals surface area contributed by atoms with E-state index in [1.807, 2.05) is 38.1 Å². The van der Waals surface area contributed by atoms with E-state index in [1.54, 1.807) is 17.0 Å². The van der Waals surface area contributed by atoms with Gasteiger partial charge in [0.05, 0.1) is 12.0 Å². The highest BCUT2D eigenvalue weighted by Gasteiger charge is 2.48. The molecule has 0 aromatic heterocycles. The Balaban J connectivity index is 1.51. The van der Waals surface area contributed by atoms with E-state index in [2.05, 4.69) is 4.90 Å². The zero-order valence-electron chi connectivity index (χ0n) is 18.1. The highest BCUT2D eigenvalue weighted by Crippen LogP contribution is 2.36. The van der Waals surface area contributed by atoms with Crippen LogP contribution in [-0.2, 0) is 9.59 Å². The summed E-state index contributed by atoms with van der Waals surface area (Å²) in [6.45, 7) is 5.27. The molecule has 2 aliphatic heterocycles. The Morgan fingerprint density at radius 1 is 1.06 bits per heavy atom. The van der Waals surface area contributed by atoms with Crippen LogP contribution in [0.1, 0.15) is 20.3 Å². The van der Waals surface area contributed by atoms with Gasteiger partial charge in [0.15, 0.2) is 0 Å². The smallest absolute Gasteiger partial charge is 0.272 e. The summed E-state index contributed by atoms with van der Waals surface area (Å²) < 4.78 is 13.2. The Hall–Kier alpha value is -2.97. The number of amides is 2. The molecule has 3 N–H and O–H groups in total. The van der Waals surface area contributed by atoms with E-state index in [0.29, 0.717) is 19.5 Å². The first kappa shape index (κ1) is 22.2. The second-order valence-corrected chi connectivity index (χ2v) is 8.86. The molecule has 32 heavy (non-hydrogen) atoms. The average Bonchev–Trinajstić information content (AvgIpc) is 2.80. The molecule has 2 aliphatic rings. The number of nitrogens with one attached hydrogen (secondary N) is 1. The van der Waals surface area contributed by atoms with Gasteiger partial charge in [-0.05, 0) is 54.7 Å². The number of nitrogens with zero attached hydrogens (tertiary/aromatic N) is 2. The number of carbonyl (C=O) groups excluding carboxylic acids is 2. The number of rotatable bonds is 4. The lowest BCUT2D eigenvalue weighted by atomic mass is 9.78. The number of benzene rings is 2. The molecule has 0 aliphatic carbocycles. The quantitative estimate of drug-likeness (QED) is 0.501. The van der Waals surface area contributed by atoms with Crippen molar-refractivity contribution in [2.45, 2.75) is 38.5 Å². The third-order valence-electron chi connectivity index (χ3n) is 6.75. The highest BCUT2D eigenvalue weighted by molar-refractivity contribution is 5.89. The van der Waals surface area contributed by atoms with Gasteiger partial charge in [-0.2, -0.15) is 0 Å². The van der Waals surface area contributed by atoms with E-state index in [0.717, 1.165) is 16.8 Å². The van der Waals surface area contributed by atoms with Crippen molar-refractivity contribution in [1.82, 2.24) is 10.4 Å². The minimum Gasteiger partial charge on any atom is -0.382 e. The van der Waals surface area contributed by atoms with Crippen molar-refractivity contribution >= 4 is 17.5 Å². The number of hydrogen-bond donors (Lipinski definition) is 3. The van der Waals surface area contributed by atoms with Gasteiger partial charge in [0.2, 0.25) is 5.91 Å². The molecule has 2 amide bonds. The highest BCUT2D eigenvalue weighted by atomic mass is 19.1. The minimum atomic E-state index is -1.57. The first-order chi connectivity index (χ1) is 15.3. The van der Waals surface area contributed by atoms with E-state index >= 15 is 0 Å². The Bertz CT molecular complexity index is 982. The summed E-state index contributed by atoms with van der Waals surface area (Å²) in [6.07, 6.45) is -1.20. The number of hydroxylamine groups is 1. The van der Waals surface area contributed by atoms with Crippen LogP contribution in [0.4, 0.5) is 10.1 Å². The van der Waals surface area contributed by atoms with Gasteiger partial charge in [-0.1, -0.05) is 31.2 Å². The van der Waals surface area contributed by atoms with E-state index in [1.165, 1.54) is 17.6 Å². The number of halogens is 1. The predicted molar refractivity (Wildman–Crippen MR) is 117 cm³/mol. The lowest BCUT2D eigenvalue weighted by Crippen LogP contribution is -2.67. The monoisotopic (exact) mass is 441 g/mol. The van der Waals surface area contributed by atoms with Crippen LogP contribution in [0.3, 0.4) is 0 Å². The topological polar surface area (TPSA) is 93.1 Å². The van der Waals surface area contributed by atoms with E-state index in [4.69, 9.17) is 5.21 Å². The van der Waals surface area contributed by atoms with Gasteiger partial charge in [0.1, 0.15) is 11.9 Å². The maximum atomic E-state index is 13.2. The maximum absolute atomic E-state index is 13.2. The Labute approximate surface area is 186 Å². The molecule has 0 radical (unpaired) electrons. The number of aliphatic hydroxyl groups excluding tert-OH is 1. The van der Waals surface area contributed by atoms with E-state index in [9.17, 15) is 19.1 Å². The van der Waals surface area contributed by atoms with E-state index in [-0.39, 0.29) is 29.7 Å². The first-order valence-corrected chi connectivity index (χ1v) is 10.8. The van der Waals surface area contributed by atoms with Crippen molar-refractivity contribution in [3.05, 3.63) is 54.3 Å². The molecule has 4 rings (SSSR count). The first-order valence-electron chi connectivity index (χ1n) is 10.8. The summed E-state index contributed by atoms with van der Waals surface area (Å²) in [5, 5.41) is 19.1.